The summed E-state index contributed by atoms with van der Waals surface area (Å²) in [5.74, 6) is -0.00823. The van der Waals surface area contributed by atoms with Crippen LogP contribution in [0.15, 0.2) is 24.3 Å². The first kappa shape index (κ1) is 18.3. The summed E-state index contributed by atoms with van der Waals surface area (Å²) in [6, 6.07) is 7.67. The minimum Gasteiger partial charge on any atom is -0.484 e. The topological polar surface area (TPSA) is 70.1 Å². The van der Waals surface area contributed by atoms with Gasteiger partial charge in [-0.05, 0) is 38.4 Å². The molecule has 6 nitrogen and oxygen atoms in total. The molecule has 6 heteroatoms. The third kappa shape index (κ3) is 6.20. The van der Waals surface area contributed by atoms with Crippen molar-refractivity contribution < 1.29 is 19.4 Å². The van der Waals surface area contributed by atoms with Crippen LogP contribution < -0.4 is 4.74 Å². The molecule has 1 fully saturated rings. The van der Waals surface area contributed by atoms with Crippen molar-refractivity contribution >= 4 is 11.9 Å². The molecule has 1 aliphatic heterocycles. The van der Waals surface area contributed by atoms with E-state index in [1.807, 2.05) is 36.1 Å². The van der Waals surface area contributed by atoms with Crippen LogP contribution in [-0.4, -0.2) is 66.1 Å². The first-order valence-electron chi connectivity index (χ1n) is 8.46. The molecule has 0 aliphatic carbocycles. The van der Waals surface area contributed by atoms with Crippen molar-refractivity contribution in [3.05, 3.63) is 29.8 Å². The first-order valence-corrected chi connectivity index (χ1v) is 8.46. The Morgan fingerprint density at radius 3 is 2.38 bits per heavy atom. The highest BCUT2D eigenvalue weighted by atomic mass is 16.5. The van der Waals surface area contributed by atoms with Gasteiger partial charge in [0.05, 0.1) is 0 Å². The molecular weight excluding hydrogens is 308 g/mol. The lowest BCUT2D eigenvalue weighted by Gasteiger charge is -2.34. The molecule has 1 heterocycles. The molecule has 24 heavy (non-hydrogen) atoms. The molecule has 0 saturated carbocycles. The Bertz CT molecular complexity index is 536. The number of carboxylic acids is 1. The van der Waals surface area contributed by atoms with Gasteiger partial charge in [-0.1, -0.05) is 17.7 Å². The number of hydrogen-bond donors (Lipinski definition) is 1. The van der Waals surface area contributed by atoms with E-state index in [1.54, 1.807) is 0 Å². The Hall–Kier alpha value is -2.08. The largest absolute Gasteiger partial charge is 0.484 e. The summed E-state index contributed by atoms with van der Waals surface area (Å²) in [4.78, 5) is 26.8. The van der Waals surface area contributed by atoms with E-state index in [4.69, 9.17) is 9.84 Å². The zero-order chi connectivity index (χ0) is 17.4. The fraction of sp³-hybridized carbons (Fsp3) is 0.556. The van der Waals surface area contributed by atoms with Crippen LogP contribution in [0.4, 0.5) is 0 Å². The van der Waals surface area contributed by atoms with E-state index in [9.17, 15) is 9.59 Å². The molecule has 0 radical (unpaired) electrons. The number of piperazine rings is 1. The minimum absolute atomic E-state index is 0.0149. The van der Waals surface area contributed by atoms with Gasteiger partial charge in [0.15, 0.2) is 6.61 Å². The van der Waals surface area contributed by atoms with Gasteiger partial charge in [0.1, 0.15) is 5.75 Å². The predicted octanol–water partition coefficient (Wildman–Crippen LogP) is 1.77. The van der Waals surface area contributed by atoms with Crippen molar-refractivity contribution in [1.82, 2.24) is 9.80 Å². The van der Waals surface area contributed by atoms with Crippen LogP contribution in [0.1, 0.15) is 24.8 Å². The SMILES string of the molecule is Cc1ccc(OCC(=O)N2CCN(CCCCC(=O)O)CC2)cc1. The van der Waals surface area contributed by atoms with Gasteiger partial charge in [0.2, 0.25) is 0 Å². The van der Waals surface area contributed by atoms with Gasteiger partial charge in [-0.2, -0.15) is 0 Å². The summed E-state index contributed by atoms with van der Waals surface area (Å²) in [6.07, 6.45) is 1.82. The van der Waals surface area contributed by atoms with Gasteiger partial charge in [0.25, 0.3) is 5.91 Å². The van der Waals surface area contributed by atoms with E-state index in [-0.39, 0.29) is 18.9 Å². The molecule has 1 aromatic rings. The van der Waals surface area contributed by atoms with Gasteiger partial charge in [-0.25, -0.2) is 0 Å². The fourth-order valence-corrected chi connectivity index (χ4v) is 2.70. The van der Waals surface area contributed by atoms with Gasteiger partial charge in [-0.15, -0.1) is 0 Å². The summed E-state index contributed by atoms with van der Waals surface area (Å²) < 4.78 is 5.54. The molecule has 1 amide bonds. The second-order valence-corrected chi connectivity index (χ2v) is 6.18. The Kier molecular flexibility index (Phi) is 7.06. The van der Waals surface area contributed by atoms with E-state index in [2.05, 4.69) is 4.90 Å². The highest BCUT2D eigenvalue weighted by Crippen LogP contribution is 2.12. The Morgan fingerprint density at radius 1 is 1.08 bits per heavy atom. The van der Waals surface area contributed by atoms with Crippen LogP contribution >= 0.6 is 0 Å². The van der Waals surface area contributed by atoms with E-state index in [0.29, 0.717) is 25.3 Å². The molecular formula is C18H26N2O4. The zero-order valence-corrected chi connectivity index (χ0v) is 14.2. The maximum atomic E-state index is 12.2. The minimum atomic E-state index is -0.737. The molecule has 132 valence electrons. The molecule has 0 atom stereocenters. The Labute approximate surface area is 143 Å². The third-order valence-electron chi connectivity index (χ3n) is 4.22. The summed E-state index contributed by atoms with van der Waals surface area (Å²) in [7, 11) is 0. The van der Waals surface area contributed by atoms with Crippen LogP contribution in [0.2, 0.25) is 0 Å². The molecule has 0 unspecified atom stereocenters. The number of ether oxygens (including phenoxy) is 1. The molecule has 0 bridgehead atoms. The number of amides is 1. The van der Waals surface area contributed by atoms with E-state index < -0.39 is 5.97 Å². The number of rotatable bonds is 8. The molecule has 2 rings (SSSR count). The maximum Gasteiger partial charge on any atom is 0.303 e. The zero-order valence-electron chi connectivity index (χ0n) is 14.2. The average molecular weight is 334 g/mol. The normalized spacial score (nSPS) is 15.3. The lowest BCUT2D eigenvalue weighted by atomic mass is 10.2. The van der Waals surface area contributed by atoms with Gasteiger partial charge in [0, 0.05) is 32.6 Å². The number of unbranched alkanes of at least 4 members (excludes halogenated alkanes) is 1. The number of benzene rings is 1. The highest BCUT2D eigenvalue weighted by Gasteiger charge is 2.21. The molecule has 0 spiro atoms. The van der Waals surface area contributed by atoms with Crippen molar-refractivity contribution in [2.45, 2.75) is 26.2 Å². The first-order chi connectivity index (χ1) is 11.5. The number of carbonyl (C=O) groups excluding carboxylic acids is 1. The highest BCUT2D eigenvalue weighted by molar-refractivity contribution is 5.77. The Morgan fingerprint density at radius 2 is 1.75 bits per heavy atom. The summed E-state index contributed by atoms with van der Waals surface area (Å²) in [6.45, 7) is 6.06. The molecule has 1 N–H and O–H groups in total. The van der Waals surface area contributed by atoms with Crippen LogP contribution in [0.3, 0.4) is 0 Å². The van der Waals surface area contributed by atoms with Crippen molar-refractivity contribution in [2.24, 2.45) is 0 Å². The molecule has 1 saturated heterocycles. The summed E-state index contributed by atoms with van der Waals surface area (Å²) >= 11 is 0. The smallest absolute Gasteiger partial charge is 0.303 e. The second kappa shape index (κ2) is 9.27. The lowest BCUT2D eigenvalue weighted by Crippen LogP contribution is -2.50. The van der Waals surface area contributed by atoms with E-state index in [1.165, 1.54) is 0 Å². The predicted molar refractivity (Wildman–Crippen MR) is 91.2 cm³/mol. The van der Waals surface area contributed by atoms with Crippen molar-refractivity contribution in [1.29, 1.82) is 0 Å². The standard InChI is InChI=1S/C18H26N2O4/c1-15-5-7-16(8-6-15)24-14-17(21)20-12-10-19(11-13-20)9-3-2-4-18(22)23/h5-8H,2-4,9-14H2,1H3,(H,22,23). The van der Waals surface area contributed by atoms with Crippen LogP contribution in [0.25, 0.3) is 0 Å². The molecule has 1 aromatic carbocycles. The van der Waals surface area contributed by atoms with Gasteiger partial charge in [-0.3, -0.25) is 14.5 Å². The number of carbonyl (C=O) groups is 2. The number of nitrogens with zero attached hydrogens (tertiary/aromatic N) is 2. The Balaban J connectivity index is 1.63. The van der Waals surface area contributed by atoms with E-state index >= 15 is 0 Å². The third-order valence-corrected chi connectivity index (χ3v) is 4.22. The second-order valence-electron chi connectivity index (χ2n) is 6.18. The maximum absolute atomic E-state index is 12.2. The summed E-state index contributed by atoms with van der Waals surface area (Å²) in [5, 5.41) is 8.62. The van der Waals surface area contributed by atoms with E-state index in [0.717, 1.165) is 31.6 Å². The fourth-order valence-electron chi connectivity index (χ4n) is 2.70. The number of hydrogen-bond acceptors (Lipinski definition) is 4. The number of aliphatic carboxylic acids is 1. The van der Waals surface area contributed by atoms with Gasteiger partial charge < -0.3 is 14.7 Å². The number of carboxylic acid groups (broad SMARTS) is 1. The molecule has 1 aliphatic rings. The lowest BCUT2D eigenvalue weighted by molar-refractivity contribution is -0.137. The molecule has 0 aromatic heterocycles. The average Bonchev–Trinajstić information content (AvgIpc) is 2.58. The van der Waals surface area contributed by atoms with Crippen molar-refractivity contribution in [3.8, 4) is 5.75 Å². The van der Waals surface area contributed by atoms with Crippen molar-refractivity contribution in [2.75, 3.05) is 39.3 Å². The number of aryl methyl sites for hydroxylation is 1. The quantitative estimate of drug-likeness (QED) is 0.734. The van der Waals surface area contributed by atoms with Crippen molar-refractivity contribution in [3.63, 3.8) is 0 Å². The summed E-state index contributed by atoms with van der Waals surface area (Å²) in [5.41, 5.74) is 1.16. The van der Waals surface area contributed by atoms with Crippen LogP contribution in [0, 0.1) is 6.92 Å². The van der Waals surface area contributed by atoms with Gasteiger partial charge >= 0.3 is 5.97 Å². The van der Waals surface area contributed by atoms with Crippen LogP contribution in [-0.2, 0) is 9.59 Å². The monoisotopic (exact) mass is 334 g/mol. The van der Waals surface area contributed by atoms with Crippen LogP contribution in [0.5, 0.6) is 5.75 Å².